The Morgan fingerprint density at radius 2 is 2.09 bits per heavy atom. The lowest BCUT2D eigenvalue weighted by molar-refractivity contribution is -0.133. The van der Waals surface area contributed by atoms with Crippen molar-refractivity contribution in [2.45, 2.75) is 24.9 Å². The zero-order valence-corrected chi connectivity index (χ0v) is 20.6. The number of imide groups is 1. The number of aromatic hydroxyl groups is 1. The molecule has 0 radical (unpaired) electrons. The smallest absolute Gasteiger partial charge is 0.328 e. The van der Waals surface area contributed by atoms with Crippen LogP contribution >= 0.6 is 15.9 Å². The fourth-order valence-corrected chi connectivity index (χ4v) is 5.59. The summed E-state index contributed by atoms with van der Waals surface area (Å²) in [4.78, 5) is 35.9. The molecule has 3 amide bonds. The molecule has 1 fully saturated rings. The SMILES string of the molecule is C#CCN(C)CCN1C(=O)N2[C@H](c3cccc(O)c3)c3[nH]c4ccc(Br)cc4c3C[C@@]2(C)C1=O. The van der Waals surface area contributed by atoms with Crippen LogP contribution in [0.25, 0.3) is 10.9 Å². The lowest BCUT2D eigenvalue weighted by Crippen LogP contribution is -2.53. The van der Waals surface area contributed by atoms with E-state index in [1.54, 1.807) is 23.1 Å². The van der Waals surface area contributed by atoms with Crippen LogP contribution in [0.4, 0.5) is 4.79 Å². The Balaban J connectivity index is 1.65. The average molecular weight is 521 g/mol. The molecule has 0 saturated carbocycles. The van der Waals surface area contributed by atoms with Gasteiger partial charge in [-0.3, -0.25) is 19.5 Å². The third-order valence-electron chi connectivity index (χ3n) is 6.88. The molecule has 34 heavy (non-hydrogen) atoms. The second kappa shape index (κ2) is 8.19. The maximum atomic E-state index is 13.8. The van der Waals surface area contributed by atoms with Crippen molar-refractivity contribution in [1.82, 2.24) is 19.7 Å². The lowest BCUT2D eigenvalue weighted by Gasteiger charge is -2.42. The average Bonchev–Trinajstić information content (AvgIpc) is 3.23. The molecule has 2 aliphatic heterocycles. The standard InChI is InChI=1S/C26H25BrN4O3/c1-4-10-29(3)11-12-30-24(33)26(2)15-20-19-14-17(27)8-9-21(19)28-22(20)23(31(26)25(30)34)16-6-5-7-18(32)13-16/h1,5-9,13-14,23,28,32H,10-12,15H2,2-3H3/t23-,26+/m1/s1. The van der Waals surface area contributed by atoms with Crippen LogP contribution in [0.1, 0.15) is 29.8 Å². The Labute approximate surface area is 206 Å². The van der Waals surface area contributed by atoms with Crippen LogP contribution in [0, 0.1) is 12.3 Å². The van der Waals surface area contributed by atoms with E-state index >= 15 is 0 Å². The zero-order valence-electron chi connectivity index (χ0n) is 19.0. The first kappa shape index (κ1) is 22.5. The van der Waals surface area contributed by atoms with Crippen LogP contribution in [-0.4, -0.2) is 68.9 Å². The summed E-state index contributed by atoms with van der Waals surface area (Å²) in [6.45, 7) is 3.03. The van der Waals surface area contributed by atoms with Crippen molar-refractivity contribution in [3.05, 3.63) is 63.8 Å². The van der Waals surface area contributed by atoms with Gasteiger partial charge in [-0.1, -0.05) is 34.0 Å². The molecule has 5 rings (SSSR count). The molecule has 7 nitrogen and oxygen atoms in total. The van der Waals surface area contributed by atoms with Crippen LogP contribution in [-0.2, 0) is 11.2 Å². The first-order valence-corrected chi connectivity index (χ1v) is 11.9. The number of aromatic nitrogens is 1. The van der Waals surface area contributed by atoms with Gasteiger partial charge in [-0.15, -0.1) is 6.42 Å². The second-order valence-corrected chi connectivity index (χ2v) is 10.1. The number of nitrogens with zero attached hydrogens (tertiary/aromatic N) is 3. The van der Waals surface area contributed by atoms with E-state index in [1.165, 1.54) is 4.90 Å². The summed E-state index contributed by atoms with van der Waals surface area (Å²) in [5.74, 6) is 2.47. The van der Waals surface area contributed by atoms with E-state index in [1.807, 2.05) is 43.1 Å². The minimum atomic E-state index is -1.05. The van der Waals surface area contributed by atoms with Crippen molar-refractivity contribution in [2.75, 3.05) is 26.7 Å². The summed E-state index contributed by atoms with van der Waals surface area (Å²) in [7, 11) is 1.87. The number of hydrogen-bond donors (Lipinski definition) is 2. The monoisotopic (exact) mass is 520 g/mol. The van der Waals surface area contributed by atoms with Crippen molar-refractivity contribution in [1.29, 1.82) is 0 Å². The molecule has 2 aromatic carbocycles. The van der Waals surface area contributed by atoms with Gasteiger partial charge >= 0.3 is 6.03 Å². The van der Waals surface area contributed by atoms with Crippen LogP contribution in [0.15, 0.2) is 46.9 Å². The fourth-order valence-electron chi connectivity index (χ4n) is 5.23. The molecule has 0 unspecified atom stereocenters. The van der Waals surface area contributed by atoms with E-state index in [4.69, 9.17) is 6.42 Å². The molecule has 0 aliphatic carbocycles. The van der Waals surface area contributed by atoms with Crippen LogP contribution in [0.5, 0.6) is 5.75 Å². The molecule has 0 spiro atoms. The van der Waals surface area contributed by atoms with Gasteiger partial charge in [0.05, 0.1) is 6.54 Å². The number of rotatable bonds is 5. The highest BCUT2D eigenvalue weighted by molar-refractivity contribution is 9.10. The van der Waals surface area contributed by atoms with E-state index in [9.17, 15) is 14.7 Å². The van der Waals surface area contributed by atoms with Gasteiger partial charge in [-0.05, 0) is 55.4 Å². The molecule has 0 bridgehead atoms. The fraction of sp³-hybridized carbons (Fsp3) is 0.308. The Hall–Kier alpha value is -3.28. The van der Waals surface area contributed by atoms with E-state index in [0.717, 1.165) is 32.2 Å². The highest BCUT2D eigenvalue weighted by Gasteiger charge is 2.60. The highest BCUT2D eigenvalue weighted by Crippen LogP contribution is 2.49. The van der Waals surface area contributed by atoms with Crippen molar-refractivity contribution < 1.29 is 14.7 Å². The number of halogens is 1. The van der Waals surface area contributed by atoms with Gasteiger partial charge in [-0.2, -0.15) is 0 Å². The number of urea groups is 1. The predicted octanol–water partition coefficient (Wildman–Crippen LogP) is 3.87. The lowest BCUT2D eigenvalue weighted by atomic mass is 9.81. The third kappa shape index (κ3) is 3.39. The predicted molar refractivity (Wildman–Crippen MR) is 133 cm³/mol. The molecule has 2 atom stereocenters. The molecular weight excluding hydrogens is 496 g/mol. The molecule has 2 aliphatic rings. The van der Waals surface area contributed by atoms with Gasteiger partial charge in [0.1, 0.15) is 17.3 Å². The quantitative estimate of drug-likeness (QED) is 0.395. The highest BCUT2D eigenvalue weighted by atomic mass is 79.9. The van der Waals surface area contributed by atoms with E-state index in [2.05, 4.69) is 26.8 Å². The number of carbonyl (C=O) groups is 2. The van der Waals surface area contributed by atoms with Gasteiger partial charge in [0.25, 0.3) is 5.91 Å². The molecule has 3 heterocycles. The molecule has 1 aromatic heterocycles. The maximum absolute atomic E-state index is 13.8. The molecule has 1 saturated heterocycles. The van der Waals surface area contributed by atoms with Gasteiger partial charge in [0, 0.05) is 40.6 Å². The van der Waals surface area contributed by atoms with E-state index < -0.39 is 11.6 Å². The number of phenols is 1. The van der Waals surface area contributed by atoms with Gasteiger partial charge in [-0.25, -0.2) is 4.79 Å². The van der Waals surface area contributed by atoms with E-state index in [0.29, 0.717) is 19.5 Å². The second-order valence-electron chi connectivity index (χ2n) is 9.21. The van der Waals surface area contributed by atoms with Crippen LogP contribution < -0.4 is 0 Å². The number of benzene rings is 2. The minimum absolute atomic E-state index is 0.107. The molecular formula is C26H25BrN4O3. The Kier molecular flexibility index (Phi) is 5.42. The number of hydrogen-bond acceptors (Lipinski definition) is 4. The third-order valence-corrected chi connectivity index (χ3v) is 7.37. The topological polar surface area (TPSA) is 79.9 Å². The Bertz CT molecular complexity index is 1360. The number of carbonyl (C=O) groups excluding carboxylic acids is 2. The molecule has 3 aromatic rings. The van der Waals surface area contributed by atoms with Gasteiger partial charge in [0.15, 0.2) is 0 Å². The first-order chi connectivity index (χ1) is 16.2. The summed E-state index contributed by atoms with van der Waals surface area (Å²) >= 11 is 3.56. The molecule has 174 valence electrons. The number of aromatic amines is 1. The Morgan fingerprint density at radius 3 is 2.82 bits per heavy atom. The number of nitrogens with one attached hydrogen (secondary N) is 1. The number of likely N-dealkylation sites (N-methyl/N-ethyl adjacent to an activating group) is 1. The van der Waals surface area contributed by atoms with Crippen molar-refractivity contribution in [3.8, 4) is 18.1 Å². The molecule has 2 N–H and O–H groups in total. The van der Waals surface area contributed by atoms with E-state index in [-0.39, 0.29) is 24.2 Å². The minimum Gasteiger partial charge on any atom is -0.508 e. The summed E-state index contributed by atoms with van der Waals surface area (Å²) in [6.07, 6.45) is 5.80. The van der Waals surface area contributed by atoms with Crippen molar-refractivity contribution in [3.63, 3.8) is 0 Å². The summed E-state index contributed by atoms with van der Waals surface area (Å²) in [5, 5.41) is 11.2. The van der Waals surface area contributed by atoms with Crippen LogP contribution in [0.3, 0.4) is 0 Å². The van der Waals surface area contributed by atoms with Crippen molar-refractivity contribution in [2.24, 2.45) is 0 Å². The molecule has 8 heteroatoms. The summed E-state index contributed by atoms with van der Waals surface area (Å²) in [6, 6.07) is 12.0. The summed E-state index contributed by atoms with van der Waals surface area (Å²) in [5.41, 5.74) is 2.50. The largest absolute Gasteiger partial charge is 0.508 e. The maximum Gasteiger partial charge on any atom is 0.328 e. The van der Waals surface area contributed by atoms with Gasteiger partial charge in [0.2, 0.25) is 0 Å². The first-order valence-electron chi connectivity index (χ1n) is 11.1. The van der Waals surface area contributed by atoms with Crippen LogP contribution in [0.2, 0.25) is 0 Å². The normalized spacial score (nSPS) is 21.8. The Morgan fingerprint density at radius 1 is 1.29 bits per heavy atom. The number of phenolic OH excluding ortho intramolecular Hbond substituents is 1. The zero-order chi connectivity index (χ0) is 24.2. The number of fused-ring (bicyclic) bond motifs is 4. The van der Waals surface area contributed by atoms with Gasteiger partial charge < -0.3 is 10.1 Å². The number of amides is 3. The van der Waals surface area contributed by atoms with Crippen molar-refractivity contribution >= 4 is 38.8 Å². The summed E-state index contributed by atoms with van der Waals surface area (Å²) < 4.78 is 0.940. The number of terminal acetylenes is 1. The number of H-pyrrole nitrogens is 1.